The van der Waals surface area contributed by atoms with Gasteiger partial charge in [0, 0.05) is 28.2 Å². The van der Waals surface area contributed by atoms with Crippen LogP contribution in [-0.2, 0) is 34.5 Å². The number of aromatic nitrogens is 6. The number of rotatable bonds is 14. The van der Waals surface area contributed by atoms with E-state index in [-0.39, 0.29) is 29.2 Å². The van der Waals surface area contributed by atoms with Crippen LogP contribution in [0.5, 0.6) is 0 Å². The molecule has 1 atom stereocenters. The number of hydrogen-bond donors (Lipinski definition) is 1. The van der Waals surface area contributed by atoms with E-state index >= 15 is 0 Å². The average Bonchev–Trinajstić information content (AvgIpc) is 3.83. The van der Waals surface area contributed by atoms with Crippen molar-refractivity contribution in [1.29, 1.82) is 0 Å². The standard InChI is InChI=1S/C38H48N6O6/c1-11-28-29(50-37(46)49-28)20-48-36(45)33-34(38(12-2,13-3)47-10)39-30(17-21(4)5)44(33)25(9)31-23(7)18-26(19-24(31)8)32-22(6)15-14-16-27(32)35-40-42-43-41-35/h14-16,18-19,21,25H,11-13,17,20H2,1-10H3,(H,40,41,42,43)/i11D2. The summed E-state index contributed by atoms with van der Waals surface area (Å²) in [5.74, 6) is -0.908. The van der Waals surface area contributed by atoms with E-state index in [1.54, 1.807) is 7.11 Å². The number of H-pyrrole nitrogens is 1. The number of ether oxygens (including phenoxy) is 2. The second-order valence-corrected chi connectivity index (χ2v) is 13.1. The Morgan fingerprint density at radius 2 is 1.72 bits per heavy atom. The predicted molar refractivity (Wildman–Crippen MR) is 189 cm³/mol. The molecule has 3 aromatic heterocycles. The number of methoxy groups -OCH3 is 1. The molecule has 0 spiro atoms. The van der Waals surface area contributed by atoms with Gasteiger partial charge >= 0.3 is 11.8 Å². The summed E-state index contributed by atoms with van der Waals surface area (Å²) in [6.45, 7) is 17.1. The zero-order chi connectivity index (χ0) is 38.1. The second-order valence-electron chi connectivity index (χ2n) is 13.1. The second kappa shape index (κ2) is 15.0. The number of nitrogens with zero attached hydrogens (tertiary/aromatic N) is 5. The van der Waals surface area contributed by atoms with Crippen molar-refractivity contribution in [1.82, 2.24) is 30.2 Å². The van der Waals surface area contributed by atoms with Gasteiger partial charge in [0.2, 0.25) is 5.82 Å². The van der Waals surface area contributed by atoms with E-state index < -0.39 is 30.4 Å². The maximum absolute atomic E-state index is 14.5. The maximum atomic E-state index is 14.5. The van der Waals surface area contributed by atoms with Gasteiger partial charge in [0.25, 0.3) is 0 Å². The molecule has 0 aliphatic carbocycles. The number of nitrogens with one attached hydrogen (secondary N) is 1. The van der Waals surface area contributed by atoms with Crippen molar-refractivity contribution in [3.63, 3.8) is 0 Å². The smallest absolute Gasteiger partial charge is 0.453 e. The molecule has 0 aliphatic heterocycles. The molecule has 0 fully saturated rings. The lowest BCUT2D eigenvalue weighted by atomic mass is 9.88. The summed E-state index contributed by atoms with van der Waals surface area (Å²) >= 11 is 0. The first-order valence-corrected chi connectivity index (χ1v) is 17.0. The van der Waals surface area contributed by atoms with Gasteiger partial charge in [0.1, 0.15) is 17.1 Å². The Morgan fingerprint density at radius 3 is 2.30 bits per heavy atom. The van der Waals surface area contributed by atoms with Crippen molar-refractivity contribution in [2.45, 2.75) is 106 Å². The van der Waals surface area contributed by atoms with E-state index in [4.69, 9.17) is 26.0 Å². The van der Waals surface area contributed by atoms with Gasteiger partial charge in [-0.2, -0.15) is 5.21 Å². The minimum atomic E-state index is -2.04. The zero-order valence-corrected chi connectivity index (χ0v) is 30.6. The largest absolute Gasteiger partial charge is 0.519 e. The maximum Gasteiger partial charge on any atom is 0.519 e. The number of carbonyl (C=O) groups excluding carboxylic acids is 1. The number of aryl methyl sites for hydroxylation is 4. The van der Waals surface area contributed by atoms with Crippen LogP contribution >= 0.6 is 0 Å². The van der Waals surface area contributed by atoms with Crippen LogP contribution in [0, 0.1) is 26.7 Å². The fourth-order valence-corrected chi connectivity index (χ4v) is 7.10. The van der Waals surface area contributed by atoms with Crippen molar-refractivity contribution >= 4 is 5.97 Å². The first kappa shape index (κ1) is 33.6. The van der Waals surface area contributed by atoms with E-state index in [9.17, 15) is 9.59 Å². The average molecular weight is 687 g/mol. The van der Waals surface area contributed by atoms with Gasteiger partial charge in [0.15, 0.2) is 23.8 Å². The molecular formula is C38H48N6O6. The molecule has 0 saturated heterocycles. The Bertz CT molecular complexity index is 2070. The Labute approximate surface area is 295 Å². The van der Waals surface area contributed by atoms with E-state index in [2.05, 4.69) is 73.4 Å². The number of tetrazole rings is 1. The lowest BCUT2D eigenvalue weighted by Gasteiger charge is -2.30. The molecule has 0 bridgehead atoms. The highest BCUT2D eigenvalue weighted by atomic mass is 16.6. The minimum Gasteiger partial charge on any atom is -0.453 e. The molecule has 2 aromatic carbocycles. The highest BCUT2D eigenvalue weighted by molar-refractivity contribution is 5.90. The fourth-order valence-electron chi connectivity index (χ4n) is 7.10. The number of benzene rings is 2. The lowest BCUT2D eigenvalue weighted by molar-refractivity contribution is -0.0265. The molecule has 1 unspecified atom stereocenters. The SMILES string of the molecule is [2H]C([2H])(C)c1oc(=O)oc1COC(=O)c1c(C(CC)(CC)OC)nc(CC(C)C)n1C(C)c1c(C)cc(-c2c(C)cccc2-c2nn[nH]n2)cc1C. The van der Waals surface area contributed by atoms with Crippen molar-refractivity contribution in [2.75, 3.05) is 7.11 Å². The molecule has 5 rings (SSSR count). The van der Waals surface area contributed by atoms with Gasteiger partial charge in [-0.1, -0.05) is 65.0 Å². The third-order valence-corrected chi connectivity index (χ3v) is 9.49. The normalized spacial score (nSPS) is 13.4. The van der Waals surface area contributed by atoms with Crippen molar-refractivity contribution in [3.05, 3.63) is 91.9 Å². The Kier molecular flexibility index (Phi) is 10.1. The molecule has 0 amide bonds. The van der Waals surface area contributed by atoms with Gasteiger partial charge in [-0.05, 0) is 85.0 Å². The van der Waals surface area contributed by atoms with E-state index in [0.29, 0.717) is 36.6 Å². The summed E-state index contributed by atoms with van der Waals surface area (Å²) in [6, 6.07) is 9.91. The number of aromatic amines is 1. The third kappa shape index (κ3) is 6.81. The Morgan fingerprint density at radius 1 is 1.04 bits per heavy atom. The molecule has 1 N–H and O–H groups in total. The van der Waals surface area contributed by atoms with Crippen molar-refractivity contribution in [2.24, 2.45) is 5.92 Å². The molecule has 12 nitrogen and oxygen atoms in total. The lowest BCUT2D eigenvalue weighted by Crippen LogP contribution is -2.31. The highest BCUT2D eigenvalue weighted by Crippen LogP contribution is 2.40. The van der Waals surface area contributed by atoms with Gasteiger partial charge in [-0.3, -0.25) is 0 Å². The molecule has 0 aliphatic rings. The van der Waals surface area contributed by atoms with Crippen LogP contribution < -0.4 is 5.82 Å². The summed E-state index contributed by atoms with van der Waals surface area (Å²) in [4.78, 5) is 31.6. The van der Waals surface area contributed by atoms with Crippen LogP contribution in [0.25, 0.3) is 22.5 Å². The molecule has 5 aromatic rings. The first-order valence-electron chi connectivity index (χ1n) is 18.0. The summed E-state index contributed by atoms with van der Waals surface area (Å²) in [5.41, 5.74) is 6.74. The van der Waals surface area contributed by atoms with Gasteiger partial charge in [-0.25, -0.2) is 14.6 Å². The minimum absolute atomic E-state index is 0.198. The molecule has 50 heavy (non-hydrogen) atoms. The number of imidazole rings is 1. The van der Waals surface area contributed by atoms with Crippen molar-refractivity contribution in [3.8, 4) is 22.5 Å². The van der Waals surface area contributed by atoms with Crippen LogP contribution in [0.1, 0.15) is 119 Å². The first-order chi connectivity index (χ1) is 24.6. The van der Waals surface area contributed by atoms with Crippen LogP contribution in [0.15, 0.2) is 44.0 Å². The predicted octanol–water partition coefficient (Wildman–Crippen LogP) is 7.59. The molecule has 0 radical (unpaired) electrons. The van der Waals surface area contributed by atoms with Crippen LogP contribution in [0.4, 0.5) is 0 Å². The molecule has 3 heterocycles. The topological polar surface area (TPSA) is 151 Å². The monoisotopic (exact) mass is 686 g/mol. The quantitative estimate of drug-likeness (QED) is 0.116. The van der Waals surface area contributed by atoms with Crippen LogP contribution in [0.3, 0.4) is 0 Å². The van der Waals surface area contributed by atoms with Crippen molar-refractivity contribution < 1.29 is 25.8 Å². The van der Waals surface area contributed by atoms with Gasteiger partial charge < -0.3 is 22.9 Å². The molecule has 266 valence electrons. The molecule has 0 saturated carbocycles. The summed E-state index contributed by atoms with van der Waals surface area (Å²) in [6.07, 6.45) is -0.395. The fraction of sp³-hybridized carbons (Fsp3) is 0.474. The summed E-state index contributed by atoms with van der Waals surface area (Å²) in [7, 11) is 1.61. The van der Waals surface area contributed by atoms with E-state index in [1.165, 1.54) is 6.92 Å². The summed E-state index contributed by atoms with van der Waals surface area (Å²) < 4.78 is 40.2. The highest BCUT2D eigenvalue weighted by Gasteiger charge is 2.40. The van der Waals surface area contributed by atoms with Crippen LogP contribution in [-0.4, -0.2) is 43.3 Å². The summed E-state index contributed by atoms with van der Waals surface area (Å²) in [5, 5.41) is 14.8. The van der Waals surface area contributed by atoms with Gasteiger partial charge in [-0.15, -0.1) is 10.2 Å². The zero-order valence-electron chi connectivity index (χ0n) is 32.6. The van der Waals surface area contributed by atoms with Crippen LogP contribution in [0.2, 0.25) is 0 Å². The molecule has 12 heteroatoms. The Hall–Kier alpha value is -4.84. The van der Waals surface area contributed by atoms with Gasteiger partial charge in [0.05, 0.1) is 6.04 Å². The Balaban J connectivity index is 1.68. The van der Waals surface area contributed by atoms with E-state index in [0.717, 1.165) is 38.9 Å². The van der Waals surface area contributed by atoms with E-state index in [1.807, 2.05) is 37.5 Å². The number of hydrogen-bond acceptors (Lipinski definition) is 10. The number of carbonyl (C=O) groups is 1. The molecular weight excluding hydrogens is 636 g/mol. The third-order valence-electron chi connectivity index (χ3n) is 9.49. The number of esters is 1.